The van der Waals surface area contributed by atoms with Crippen LogP contribution in [0.15, 0.2) is 48.5 Å². The quantitative estimate of drug-likeness (QED) is 0.627. The predicted octanol–water partition coefficient (Wildman–Crippen LogP) is 4.84. The first-order valence-corrected chi connectivity index (χ1v) is 11.6. The Kier molecular flexibility index (Phi) is 4.53. The number of aromatic amines is 1. The number of hydrogen-bond acceptors (Lipinski definition) is 4. The minimum atomic E-state index is -0.478. The summed E-state index contributed by atoms with van der Waals surface area (Å²) in [4.78, 5) is 7.02. The number of fused-ring (bicyclic) bond motifs is 1. The molecule has 3 aromatic rings. The Morgan fingerprint density at radius 2 is 2.03 bits per heavy atom. The number of likely N-dealkylation sites (tertiary alicyclic amines) is 1. The van der Waals surface area contributed by atoms with Crippen molar-refractivity contribution in [3.63, 3.8) is 0 Å². The number of H-pyrrole nitrogens is 1. The number of nitrogens with one attached hydrogen (secondary N) is 1. The van der Waals surface area contributed by atoms with Crippen molar-refractivity contribution in [2.75, 3.05) is 13.7 Å². The van der Waals surface area contributed by atoms with Crippen molar-refractivity contribution < 1.29 is 9.13 Å². The van der Waals surface area contributed by atoms with Crippen molar-refractivity contribution in [3.05, 3.63) is 71.3 Å². The van der Waals surface area contributed by atoms with Crippen LogP contribution in [0.4, 0.5) is 4.39 Å². The number of halogens is 1. The lowest BCUT2D eigenvalue weighted by Crippen LogP contribution is -2.57. The first-order chi connectivity index (χ1) is 15.6. The van der Waals surface area contributed by atoms with Crippen molar-refractivity contribution in [1.29, 1.82) is 0 Å². The molecule has 1 N–H and O–H groups in total. The standard InChI is InChI=1S/C26H29FN4O/c1-17-28-24(30-29-17)19-12-20(14-21(27)13-19)26(32-2)11-7-6-10-22-23-25(22,26)16-31(23)15-18-8-4-3-5-9-18/h3-5,8-9,12-14,22-23H,6-7,10-11,15-16H2,1-2H3,(H,28,29,30). The van der Waals surface area contributed by atoms with Gasteiger partial charge in [0.1, 0.15) is 17.2 Å². The maximum absolute atomic E-state index is 14.9. The number of aryl methyl sites for hydroxylation is 1. The second-order valence-corrected chi connectivity index (χ2v) is 9.73. The predicted molar refractivity (Wildman–Crippen MR) is 120 cm³/mol. The van der Waals surface area contributed by atoms with Gasteiger partial charge in [0.15, 0.2) is 5.82 Å². The molecule has 3 fully saturated rings. The van der Waals surface area contributed by atoms with Gasteiger partial charge >= 0.3 is 0 Å². The summed E-state index contributed by atoms with van der Waals surface area (Å²) in [6.07, 6.45) is 4.45. The third-order valence-electron chi connectivity index (χ3n) is 8.16. The smallest absolute Gasteiger partial charge is 0.181 e. The van der Waals surface area contributed by atoms with Crippen LogP contribution in [0.25, 0.3) is 11.4 Å². The van der Waals surface area contributed by atoms with Crippen LogP contribution in [0.3, 0.4) is 0 Å². The lowest BCUT2D eigenvalue weighted by Gasteiger charge is -2.50. The second-order valence-electron chi connectivity index (χ2n) is 9.73. The van der Waals surface area contributed by atoms with E-state index < -0.39 is 5.60 Å². The summed E-state index contributed by atoms with van der Waals surface area (Å²) in [5, 5.41) is 7.13. The molecule has 3 aliphatic rings. The number of nitrogens with zero attached hydrogens (tertiary/aromatic N) is 3. The first-order valence-electron chi connectivity index (χ1n) is 11.6. The summed E-state index contributed by atoms with van der Waals surface area (Å²) in [5.41, 5.74) is 2.57. The molecular formula is C26H29FN4O. The van der Waals surface area contributed by atoms with Crippen LogP contribution in [-0.4, -0.2) is 39.8 Å². The van der Waals surface area contributed by atoms with E-state index in [1.165, 1.54) is 24.5 Å². The van der Waals surface area contributed by atoms with E-state index in [9.17, 15) is 4.39 Å². The number of rotatable bonds is 5. The molecule has 0 amide bonds. The van der Waals surface area contributed by atoms with Crippen molar-refractivity contribution in [1.82, 2.24) is 20.1 Å². The molecule has 2 saturated carbocycles. The Labute approximate surface area is 188 Å². The molecule has 2 aromatic carbocycles. The number of benzene rings is 2. The number of methoxy groups -OCH3 is 1. The average molecular weight is 433 g/mol. The Morgan fingerprint density at radius 1 is 1.19 bits per heavy atom. The van der Waals surface area contributed by atoms with E-state index in [4.69, 9.17) is 4.74 Å². The van der Waals surface area contributed by atoms with E-state index in [-0.39, 0.29) is 11.2 Å². The Balaban J connectivity index is 1.38. The highest BCUT2D eigenvalue weighted by Gasteiger charge is 2.82. The topological polar surface area (TPSA) is 54.0 Å². The Bertz CT molecular complexity index is 1150. The molecule has 0 radical (unpaired) electrons. The van der Waals surface area contributed by atoms with E-state index in [1.54, 1.807) is 6.07 Å². The van der Waals surface area contributed by atoms with Gasteiger partial charge in [-0.3, -0.25) is 10.00 Å². The van der Waals surface area contributed by atoms with Crippen LogP contribution in [0, 0.1) is 24.1 Å². The van der Waals surface area contributed by atoms with Crippen LogP contribution in [0.1, 0.15) is 42.6 Å². The average Bonchev–Trinajstić information content (AvgIpc) is 3.11. The van der Waals surface area contributed by atoms with Gasteiger partial charge in [0.2, 0.25) is 0 Å². The zero-order valence-corrected chi connectivity index (χ0v) is 18.6. The molecule has 5 nitrogen and oxygen atoms in total. The normalized spacial score (nSPS) is 31.3. The second kappa shape index (κ2) is 7.22. The summed E-state index contributed by atoms with van der Waals surface area (Å²) in [7, 11) is 1.81. The zero-order valence-electron chi connectivity index (χ0n) is 18.6. The fraction of sp³-hybridized carbons (Fsp3) is 0.462. The van der Waals surface area contributed by atoms with Gasteiger partial charge < -0.3 is 4.74 Å². The summed E-state index contributed by atoms with van der Waals surface area (Å²) in [6, 6.07) is 16.4. The monoisotopic (exact) mass is 432 g/mol. The Morgan fingerprint density at radius 3 is 2.78 bits per heavy atom. The maximum Gasteiger partial charge on any atom is 0.181 e. The van der Waals surface area contributed by atoms with Gasteiger partial charge in [-0.15, -0.1) is 0 Å². The Hall–Kier alpha value is -2.57. The van der Waals surface area contributed by atoms with Crippen LogP contribution in [0.2, 0.25) is 0 Å². The van der Waals surface area contributed by atoms with Crippen molar-refractivity contribution in [2.24, 2.45) is 11.3 Å². The van der Waals surface area contributed by atoms with Crippen molar-refractivity contribution >= 4 is 0 Å². The summed E-state index contributed by atoms with van der Waals surface area (Å²) >= 11 is 0. The molecule has 4 unspecified atom stereocenters. The maximum atomic E-state index is 14.9. The van der Waals surface area contributed by atoms with Crippen LogP contribution in [0.5, 0.6) is 0 Å². The third kappa shape index (κ3) is 2.75. The fourth-order valence-corrected chi connectivity index (χ4v) is 6.88. The summed E-state index contributed by atoms with van der Waals surface area (Å²) in [6.45, 7) is 3.82. The third-order valence-corrected chi connectivity index (χ3v) is 8.16. The van der Waals surface area contributed by atoms with Gasteiger partial charge in [-0.25, -0.2) is 9.37 Å². The van der Waals surface area contributed by atoms with Crippen molar-refractivity contribution in [3.8, 4) is 11.4 Å². The lowest BCUT2D eigenvalue weighted by molar-refractivity contribution is -0.136. The van der Waals surface area contributed by atoms with E-state index in [0.29, 0.717) is 23.3 Å². The molecule has 32 heavy (non-hydrogen) atoms. The van der Waals surface area contributed by atoms with Gasteiger partial charge in [0.05, 0.1) is 0 Å². The molecule has 2 aliphatic carbocycles. The van der Waals surface area contributed by atoms with Gasteiger partial charge in [-0.2, -0.15) is 5.10 Å². The molecule has 1 aliphatic heterocycles. The molecule has 1 aromatic heterocycles. The fourth-order valence-electron chi connectivity index (χ4n) is 6.88. The molecule has 6 heteroatoms. The molecule has 2 heterocycles. The van der Waals surface area contributed by atoms with E-state index >= 15 is 0 Å². The molecule has 1 saturated heterocycles. The molecular weight excluding hydrogens is 403 g/mol. The minimum Gasteiger partial charge on any atom is -0.373 e. The highest BCUT2D eigenvalue weighted by atomic mass is 19.1. The number of hydrogen-bond donors (Lipinski definition) is 1. The van der Waals surface area contributed by atoms with Crippen molar-refractivity contribution in [2.45, 2.75) is 50.8 Å². The molecule has 6 rings (SSSR count). The largest absolute Gasteiger partial charge is 0.373 e. The molecule has 4 atom stereocenters. The van der Waals surface area contributed by atoms with Gasteiger partial charge in [0, 0.05) is 37.2 Å². The van der Waals surface area contributed by atoms with Crippen LogP contribution in [-0.2, 0) is 16.9 Å². The number of ether oxygens (including phenoxy) is 1. The highest BCUT2D eigenvalue weighted by Crippen LogP contribution is 2.76. The van der Waals surface area contributed by atoms with E-state index in [2.05, 4.69) is 56.5 Å². The minimum absolute atomic E-state index is 0.0625. The van der Waals surface area contributed by atoms with Crippen LogP contribution < -0.4 is 0 Å². The first kappa shape index (κ1) is 20.1. The van der Waals surface area contributed by atoms with Crippen LogP contribution >= 0.6 is 0 Å². The van der Waals surface area contributed by atoms with Gasteiger partial charge in [-0.05, 0) is 55.0 Å². The molecule has 166 valence electrons. The summed E-state index contributed by atoms with van der Waals surface area (Å²) < 4.78 is 21.3. The summed E-state index contributed by atoms with van der Waals surface area (Å²) in [5.74, 6) is 1.60. The highest BCUT2D eigenvalue weighted by molar-refractivity contribution is 5.58. The van der Waals surface area contributed by atoms with Gasteiger partial charge in [-0.1, -0.05) is 43.2 Å². The van der Waals surface area contributed by atoms with E-state index in [0.717, 1.165) is 37.3 Å². The number of aromatic nitrogens is 3. The molecule has 0 bridgehead atoms. The van der Waals surface area contributed by atoms with E-state index in [1.807, 2.05) is 14.0 Å². The lowest BCUT2D eigenvalue weighted by atomic mass is 9.70. The zero-order chi connectivity index (χ0) is 21.9. The molecule has 1 spiro atoms. The van der Waals surface area contributed by atoms with Gasteiger partial charge in [0.25, 0.3) is 0 Å². The SMILES string of the molecule is COC1(c2cc(F)cc(-c3n[nH]c(C)n3)c2)CCCCC2C3N(Cc4ccccc4)CC231.